The Bertz CT molecular complexity index is 697. The van der Waals surface area contributed by atoms with Crippen molar-refractivity contribution in [2.45, 2.75) is 13.3 Å². The van der Waals surface area contributed by atoms with E-state index in [0.29, 0.717) is 16.7 Å². The van der Waals surface area contributed by atoms with E-state index < -0.39 is 24.0 Å². The van der Waals surface area contributed by atoms with Crippen LogP contribution in [0.2, 0.25) is 0 Å². The van der Waals surface area contributed by atoms with Crippen LogP contribution in [-0.2, 0) is 14.3 Å². The van der Waals surface area contributed by atoms with Crippen LogP contribution in [-0.4, -0.2) is 31.3 Å². The van der Waals surface area contributed by atoms with Crippen molar-refractivity contribution in [1.82, 2.24) is 0 Å². The zero-order valence-corrected chi connectivity index (χ0v) is 11.7. The number of fused-ring (bicyclic) bond motifs is 1. The molecule has 0 atom stereocenters. The molecule has 0 amide bonds. The standard InChI is InChI=1S/C15H14O6/c1-3-20-15(18)11(17)8-10(16)13-7-9-5-4-6-12(19-2)14(9)21-13/h4-7H,3,8H2,1-2H3. The summed E-state index contributed by atoms with van der Waals surface area (Å²) in [6.07, 6.45) is -0.582. The number of hydrogen-bond acceptors (Lipinski definition) is 6. The second-order valence-electron chi connectivity index (χ2n) is 4.23. The maximum Gasteiger partial charge on any atom is 0.375 e. The van der Waals surface area contributed by atoms with E-state index in [4.69, 9.17) is 9.15 Å². The number of carbonyl (C=O) groups excluding carboxylic acids is 3. The molecule has 0 fully saturated rings. The second kappa shape index (κ2) is 6.21. The van der Waals surface area contributed by atoms with Crippen LogP contribution in [0.25, 0.3) is 11.0 Å². The summed E-state index contributed by atoms with van der Waals surface area (Å²) in [6.45, 7) is 1.67. The van der Waals surface area contributed by atoms with Crippen molar-refractivity contribution in [3.05, 3.63) is 30.0 Å². The quantitative estimate of drug-likeness (QED) is 0.351. The van der Waals surface area contributed by atoms with Gasteiger partial charge in [0, 0.05) is 5.39 Å². The molecule has 1 heterocycles. The number of carbonyl (C=O) groups is 3. The fourth-order valence-corrected chi connectivity index (χ4v) is 1.85. The van der Waals surface area contributed by atoms with Crippen molar-refractivity contribution >= 4 is 28.5 Å². The topological polar surface area (TPSA) is 82.8 Å². The Balaban J connectivity index is 2.20. The van der Waals surface area contributed by atoms with Crippen molar-refractivity contribution in [1.29, 1.82) is 0 Å². The number of Topliss-reactive ketones (excluding diaryl/α,β-unsaturated/α-hetero) is 2. The number of hydrogen-bond donors (Lipinski definition) is 0. The Kier molecular flexibility index (Phi) is 4.37. The van der Waals surface area contributed by atoms with Gasteiger partial charge in [-0.15, -0.1) is 0 Å². The maximum atomic E-state index is 12.0. The molecule has 6 heteroatoms. The predicted molar refractivity (Wildman–Crippen MR) is 73.4 cm³/mol. The third-order valence-corrected chi connectivity index (χ3v) is 2.83. The SMILES string of the molecule is CCOC(=O)C(=O)CC(=O)c1cc2cccc(OC)c2o1. The van der Waals surface area contributed by atoms with Gasteiger partial charge in [-0.25, -0.2) is 4.79 Å². The van der Waals surface area contributed by atoms with Crippen molar-refractivity contribution < 1.29 is 28.3 Å². The second-order valence-corrected chi connectivity index (χ2v) is 4.23. The van der Waals surface area contributed by atoms with Gasteiger partial charge in [-0.3, -0.25) is 9.59 Å². The third-order valence-electron chi connectivity index (χ3n) is 2.83. The summed E-state index contributed by atoms with van der Waals surface area (Å²) in [5.74, 6) is -1.99. The Morgan fingerprint density at radius 2 is 2.00 bits per heavy atom. The molecule has 0 aliphatic heterocycles. The highest BCUT2D eigenvalue weighted by atomic mass is 16.5. The number of ether oxygens (including phenoxy) is 2. The van der Waals surface area contributed by atoms with Crippen molar-refractivity contribution in [2.75, 3.05) is 13.7 Å². The molecule has 0 spiro atoms. The molecule has 0 saturated heterocycles. The molecule has 0 aliphatic carbocycles. The lowest BCUT2D eigenvalue weighted by molar-refractivity contribution is -0.153. The molecule has 0 radical (unpaired) electrons. The lowest BCUT2D eigenvalue weighted by Gasteiger charge is -1.99. The van der Waals surface area contributed by atoms with E-state index in [1.165, 1.54) is 13.2 Å². The highest BCUT2D eigenvalue weighted by molar-refractivity contribution is 6.38. The summed E-state index contributed by atoms with van der Waals surface area (Å²) in [5, 5.41) is 0.682. The molecule has 1 aromatic carbocycles. The minimum Gasteiger partial charge on any atom is -0.493 e. The van der Waals surface area contributed by atoms with Gasteiger partial charge in [-0.1, -0.05) is 12.1 Å². The lowest BCUT2D eigenvalue weighted by atomic mass is 10.1. The molecular weight excluding hydrogens is 276 g/mol. The van der Waals surface area contributed by atoms with Gasteiger partial charge in [-0.05, 0) is 19.1 Å². The lowest BCUT2D eigenvalue weighted by Crippen LogP contribution is -2.20. The van der Waals surface area contributed by atoms with Gasteiger partial charge in [0.15, 0.2) is 17.1 Å². The van der Waals surface area contributed by atoms with Crippen LogP contribution >= 0.6 is 0 Å². The number of rotatable bonds is 6. The third kappa shape index (κ3) is 3.10. The normalized spacial score (nSPS) is 10.4. The summed E-state index contributed by atoms with van der Waals surface area (Å²) in [7, 11) is 1.49. The van der Waals surface area contributed by atoms with Crippen LogP contribution in [0.3, 0.4) is 0 Å². The highest BCUT2D eigenvalue weighted by Gasteiger charge is 2.22. The molecule has 0 aliphatic rings. The zero-order chi connectivity index (χ0) is 15.4. The molecular formula is C15H14O6. The average molecular weight is 290 g/mol. The summed E-state index contributed by atoms with van der Waals surface area (Å²) >= 11 is 0. The fraction of sp³-hybridized carbons (Fsp3) is 0.267. The Hall–Kier alpha value is -2.63. The van der Waals surface area contributed by atoms with E-state index in [9.17, 15) is 14.4 Å². The van der Waals surface area contributed by atoms with E-state index in [1.54, 1.807) is 25.1 Å². The Morgan fingerprint density at radius 1 is 1.24 bits per heavy atom. The van der Waals surface area contributed by atoms with Gasteiger partial charge in [-0.2, -0.15) is 0 Å². The number of benzene rings is 1. The number of esters is 1. The van der Waals surface area contributed by atoms with Crippen LogP contribution in [0.1, 0.15) is 23.9 Å². The van der Waals surface area contributed by atoms with E-state index in [-0.39, 0.29) is 12.4 Å². The Labute approximate surface area is 120 Å². The van der Waals surface area contributed by atoms with Crippen molar-refractivity contribution in [3.8, 4) is 5.75 Å². The van der Waals surface area contributed by atoms with E-state index in [1.807, 2.05) is 0 Å². The summed E-state index contributed by atoms with van der Waals surface area (Å²) in [6, 6.07) is 6.72. The first-order chi connectivity index (χ1) is 10.1. The smallest absolute Gasteiger partial charge is 0.375 e. The van der Waals surface area contributed by atoms with E-state index in [0.717, 1.165) is 0 Å². The average Bonchev–Trinajstić information content (AvgIpc) is 2.91. The van der Waals surface area contributed by atoms with Crippen molar-refractivity contribution in [3.63, 3.8) is 0 Å². The summed E-state index contributed by atoms with van der Waals surface area (Å²) < 4.78 is 15.1. The molecule has 2 aromatic rings. The minimum atomic E-state index is -1.01. The fourth-order valence-electron chi connectivity index (χ4n) is 1.85. The predicted octanol–water partition coefficient (Wildman–Crippen LogP) is 2.15. The number of ketones is 2. The molecule has 0 saturated carbocycles. The molecule has 1 aromatic heterocycles. The minimum absolute atomic E-state index is 0.00662. The molecule has 110 valence electrons. The van der Waals surface area contributed by atoms with Gasteiger partial charge < -0.3 is 13.9 Å². The molecule has 0 bridgehead atoms. The molecule has 21 heavy (non-hydrogen) atoms. The summed E-state index contributed by atoms with van der Waals surface area (Å²) in [5.41, 5.74) is 0.423. The first-order valence-electron chi connectivity index (χ1n) is 6.36. The number of methoxy groups -OCH3 is 1. The first kappa shape index (κ1) is 14.8. The molecule has 0 N–H and O–H groups in total. The molecule has 2 rings (SSSR count). The molecule has 6 nitrogen and oxygen atoms in total. The number of furan rings is 1. The van der Waals surface area contributed by atoms with Gasteiger partial charge in [0.2, 0.25) is 11.6 Å². The molecule has 0 unspecified atom stereocenters. The summed E-state index contributed by atoms with van der Waals surface area (Å²) in [4.78, 5) is 34.7. The van der Waals surface area contributed by atoms with Crippen LogP contribution in [0.15, 0.2) is 28.7 Å². The van der Waals surface area contributed by atoms with Crippen LogP contribution < -0.4 is 4.74 Å². The highest BCUT2D eigenvalue weighted by Crippen LogP contribution is 2.28. The van der Waals surface area contributed by atoms with Gasteiger partial charge >= 0.3 is 5.97 Å². The van der Waals surface area contributed by atoms with Gasteiger partial charge in [0.1, 0.15) is 0 Å². The first-order valence-corrected chi connectivity index (χ1v) is 6.36. The van der Waals surface area contributed by atoms with Gasteiger partial charge in [0.05, 0.1) is 20.1 Å². The maximum absolute atomic E-state index is 12.0. The van der Waals surface area contributed by atoms with Gasteiger partial charge in [0.25, 0.3) is 0 Å². The number of para-hydroxylation sites is 1. The van der Waals surface area contributed by atoms with Crippen LogP contribution in [0.5, 0.6) is 5.75 Å². The van der Waals surface area contributed by atoms with Crippen LogP contribution in [0.4, 0.5) is 0 Å². The monoisotopic (exact) mass is 290 g/mol. The van der Waals surface area contributed by atoms with Crippen LogP contribution in [0, 0.1) is 0 Å². The Morgan fingerprint density at radius 3 is 2.67 bits per heavy atom. The van der Waals surface area contributed by atoms with Crippen molar-refractivity contribution in [2.24, 2.45) is 0 Å². The van der Waals surface area contributed by atoms with E-state index in [2.05, 4.69) is 4.74 Å². The largest absolute Gasteiger partial charge is 0.493 e. The van der Waals surface area contributed by atoms with E-state index >= 15 is 0 Å². The zero-order valence-electron chi connectivity index (χ0n) is 11.7.